The Kier molecular flexibility index (Phi) is 3.91. The molecule has 5 heteroatoms. The van der Waals surface area contributed by atoms with E-state index >= 15 is 0 Å². The van der Waals surface area contributed by atoms with E-state index in [4.69, 9.17) is 18.9 Å². The number of hydrogen-bond acceptors (Lipinski definition) is 5. The fourth-order valence-corrected chi connectivity index (χ4v) is 2.81. The largest absolute Gasteiger partial charge is 0.382 e. The smallest absolute Gasteiger partial charge is 0.262 e. The summed E-state index contributed by atoms with van der Waals surface area (Å²) >= 11 is 0. The molecule has 0 bridgehead atoms. The van der Waals surface area contributed by atoms with E-state index in [-0.39, 0.29) is 18.0 Å². The number of hydrogen-bond donors (Lipinski definition) is 0. The van der Waals surface area contributed by atoms with Crippen molar-refractivity contribution in [2.24, 2.45) is 0 Å². The topological polar surface area (TPSA) is 54.0 Å². The minimum absolute atomic E-state index is 0.207. The average Bonchev–Trinajstić information content (AvgIpc) is 2.84. The Bertz CT molecular complexity index is 552. The minimum atomic E-state index is -1.38. The van der Waals surface area contributed by atoms with Crippen LogP contribution in [-0.4, -0.2) is 45.4 Å². The maximum absolute atomic E-state index is 12.5. The molecule has 5 nitrogen and oxygen atoms in total. The van der Waals surface area contributed by atoms with E-state index < -0.39 is 5.79 Å². The molecule has 0 N–H and O–H groups in total. The van der Waals surface area contributed by atoms with Gasteiger partial charge in [0.1, 0.15) is 12.2 Å². The quantitative estimate of drug-likeness (QED) is 0.841. The second-order valence-corrected chi connectivity index (χ2v) is 5.12. The number of fused-ring (bicyclic) bond motifs is 2. The molecule has 3 rings (SSSR count). The molecule has 1 aliphatic heterocycles. The highest BCUT2D eigenvalue weighted by Gasteiger charge is 2.54. The van der Waals surface area contributed by atoms with Crippen molar-refractivity contribution in [2.75, 3.05) is 27.4 Å². The number of ether oxygens (including phenoxy) is 4. The van der Waals surface area contributed by atoms with Crippen LogP contribution in [0.5, 0.6) is 0 Å². The Morgan fingerprint density at radius 1 is 1.05 bits per heavy atom. The van der Waals surface area contributed by atoms with Crippen molar-refractivity contribution in [3.05, 3.63) is 41.5 Å². The van der Waals surface area contributed by atoms with E-state index in [0.29, 0.717) is 13.2 Å². The van der Waals surface area contributed by atoms with Gasteiger partial charge >= 0.3 is 0 Å². The fraction of sp³-hybridized carbons (Fsp3) is 0.438. The molecule has 1 heterocycles. The first-order chi connectivity index (χ1) is 10.2. The van der Waals surface area contributed by atoms with Gasteiger partial charge in [-0.1, -0.05) is 30.3 Å². The van der Waals surface area contributed by atoms with E-state index in [0.717, 1.165) is 11.1 Å². The summed E-state index contributed by atoms with van der Waals surface area (Å²) in [7, 11) is 3.18. The Hall–Kier alpha value is -1.53. The first-order valence-corrected chi connectivity index (χ1v) is 6.87. The van der Waals surface area contributed by atoms with Crippen molar-refractivity contribution < 1.29 is 23.7 Å². The van der Waals surface area contributed by atoms with Crippen molar-refractivity contribution in [1.29, 1.82) is 0 Å². The van der Waals surface area contributed by atoms with Gasteiger partial charge in [-0.2, -0.15) is 0 Å². The number of carbonyl (C=O) groups is 1. The van der Waals surface area contributed by atoms with Gasteiger partial charge in [0, 0.05) is 19.8 Å². The van der Waals surface area contributed by atoms with Crippen LogP contribution in [-0.2, 0) is 29.5 Å². The molecule has 0 aromatic heterocycles. The van der Waals surface area contributed by atoms with Gasteiger partial charge in [-0.05, 0) is 11.6 Å². The number of carbonyl (C=O) groups excluding carboxylic acids is 1. The van der Waals surface area contributed by atoms with E-state index in [9.17, 15) is 4.79 Å². The molecule has 0 saturated carbocycles. The third-order valence-corrected chi connectivity index (χ3v) is 3.77. The molecule has 1 aromatic rings. The molecule has 1 saturated heterocycles. The average molecular weight is 290 g/mol. The van der Waals surface area contributed by atoms with Crippen molar-refractivity contribution in [3.63, 3.8) is 0 Å². The van der Waals surface area contributed by atoms with Crippen LogP contribution in [0.4, 0.5) is 0 Å². The number of rotatable bonds is 4. The van der Waals surface area contributed by atoms with Crippen molar-refractivity contribution in [2.45, 2.75) is 18.0 Å². The Morgan fingerprint density at radius 3 is 2.29 bits per heavy atom. The van der Waals surface area contributed by atoms with Crippen LogP contribution in [0.25, 0.3) is 6.08 Å². The molecule has 1 aliphatic carbocycles. The summed E-state index contributed by atoms with van der Waals surface area (Å²) in [4.78, 5) is 12.5. The Balaban J connectivity index is 2.00. The second kappa shape index (κ2) is 5.69. The van der Waals surface area contributed by atoms with E-state index in [2.05, 4.69) is 0 Å². The summed E-state index contributed by atoms with van der Waals surface area (Å²) in [6.07, 6.45) is 2.59. The summed E-state index contributed by atoms with van der Waals surface area (Å²) in [6.45, 7) is 0.684. The van der Waals surface area contributed by atoms with Crippen molar-refractivity contribution in [3.8, 4) is 0 Å². The predicted octanol–water partition coefficient (Wildman–Crippen LogP) is 1.51. The highest BCUT2D eigenvalue weighted by molar-refractivity contribution is 6.03. The molecule has 112 valence electrons. The summed E-state index contributed by atoms with van der Waals surface area (Å²) < 4.78 is 22.4. The zero-order chi connectivity index (χ0) is 14.9. The third kappa shape index (κ3) is 2.32. The predicted molar refractivity (Wildman–Crippen MR) is 75.7 cm³/mol. The molecule has 0 unspecified atom stereocenters. The normalized spacial score (nSPS) is 26.3. The fourth-order valence-electron chi connectivity index (χ4n) is 2.81. The monoisotopic (exact) mass is 290 g/mol. The van der Waals surface area contributed by atoms with E-state index in [1.54, 1.807) is 20.3 Å². The highest BCUT2D eigenvalue weighted by atomic mass is 16.8. The summed E-state index contributed by atoms with van der Waals surface area (Å²) in [6, 6.07) is 7.58. The maximum atomic E-state index is 12.5. The van der Waals surface area contributed by atoms with Gasteiger partial charge in [0.25, 0.3) is 5.79 Å². The van der Waals surface area contributed by atoms with Crippen LogP contribution in [0.1, 0.15) is 11.1 Å². The number of ketones is 1. The molecular formula is C16H18O5. The van der Waals surface area contributed by atoms with Crippen LogP contribution in [0.3, 0.4) is 0 Å². The molecule has 21 heavy (non-hydrogen) atoms. The number of methoxy groups -OCH3 is 2. The molecule has 1 spiro atoms. The number of benzene rings is 1. The van der Waals surface area contributed by atoms with E-state index in [1.807, 2.05) is 24.3 Å². The summed E-state index contributed by atoms with van der Waals surface area (Å²) in [5, 5.41) is 0. The summed E-state index contributed by atoms with van der Waals surface area (Å²) in [5.74, 6) is -1.58. The van der Waals surface area contributed by atoms with Gasteiger partial charge in [-0.25, -0.2) is 0 Å². The molecule has 2 atom stereocenters. The van der Waals surface area contributed by atoms with Gasteiger partial charge in [-0.3, -0.25) is 4.79 Å². The lowest BCUT2D eigenvalue weighted by Gasteiger charge is -2.29. The molecule has 0 amide bonds. The maximum Gasteiger partial charge on any atom is 0.262 e. The molecule has 2 aliphatic rings. The van der Waals surface area contributed by atoms with Gasteiger partial charge in [-0.15, -0.1) is 0 Å². The highest BCUT2D eigenvalue weighted by Crippen LogP contribution is 2.43. The minimum Gasteiger partial charge on any atom is -0.382 e. The molecule has 1 fully saturated rings. The zero-order valence-corrected chi connectivity index (χ0v) is 12.1. The first kappa shape index (κ1) is 14.4. The molecular weight excluding hydrogens is 272 g/mol. The zero-order valence-electron chi connectivity index (χ0n) is 12.1. The SMILES string of the molecule is COC[C@@H]1OC2(O[C@H]1COC)C(=O)C=Cc1ccccc12. The van der Waals surface area contributed by atoms with Crippen LogP contribution >= 0.6 is 0 Å². The van der Waals surface area contributed by atoms with Crippen LogP contribution in [0.2, 0.25) is 0 Å². The van der Waals surface area contributed by atoms with Crippen LogP contribution < -0.4 is 0 Å². The van der Waals surface area contributed by atoms with Crippen molar-refractivity contribution >= 4 is 11.9 Å². The summed E-state index contributed by atoms with van der Waals surface area (Å²) in [5.41, 5.74) is 1.66. The second-order valence-electron chi connectivity index (χ2n) is 5.12. The van der Waals surface area contributed by atoms with Gasteiger partial charge in [0.2, 0.25) is 5.78 Å². The first-order valence-electron chi connectivity index (χ1n) is 6.87. The lowest BCUT2D eigenvalue weighted by Crippen LogP contribution is -2.39. The third-order valence-electron chi connectivity index (χ3n) is 3.77. The van der Waals surface area contributed by atoms with Gasteiger partial charge in [0.05, 0.1) is 13.2 Å². The van der Waals surface area contributed by atoms with Gasteiger partial charge in [0.15, 0.2) is 0 Å². The molecule has 1 aromatic carbocycles. The lowest BCUT2D eigenvalue weighted by molar-refractivity contribution is -0.193. The van der Waals surface area contributed by atoms with E-state index in [1.165, 1.54) is 6.08 Å². The van der Waals surface area contributed by atoms with Crippen molar-refractivity contribution in [1.82, 2.24) is 0 Å². The van der Waals surface area contributed by atoms with Crippen LogP contribution in [0, 0.1) is 0 Å². The lowest BCUT2D eigenvalue weighted by atomic mass is 9.90. The Labute approximate surface area is 123 Å². The van der Waals surface area contributed by atoms with Gasteiger partial charge < -0.3 is 18.9 Å². The standard InChI is InChI=1S/C16H18O5/c1-18-9-13-14(10-19-2)21-16(20-13)12-6-4-3-5-11(12)7-8-15(16)17/h3-8,13-14H,9-10H2,1-2H3/t13-,14-/m0/s1. The van der Waals surface area contributed by atoms with Crippen LogP contribution in [0.15, 0.2) is 30.3 Å². The Morgan fingerprint density at radius 2 is 1.67 bits per heavy atom. The molecule has 0 radical (unpaired) electrons.